The van der Waals surface area contributed by atoms with Gasteiger partial charge in [-0.1, -0.05) is 23.9 Å². The van der Waals surface area contributed by atoms with Crippen molar-refractivity contribution in [3.05, 3.63) is 54.1 Å². The zero-order valence-electron chi connectivity index (χ0n) is 15.1. The van der Waals surface area contributed by atoms with Gasteiger partial charge in [0.1, 0.15) is 5.75 Å². The molecule has 0 aliphatic carbocycles. The summed E-state index contributed by atoms with van der Waals surface area (Å²) in [5.74, 6) is 1.06. The lowest BCUT2D eigenvalue weighted by molar-refractivity contribution is 0.0702. The summed E-state index contributed by atoms with van der Waals surface area (Å²) in [5.41, 5.74) is 0.359. The quantitative estimate of drug-likeness (QED) is 0.689. The number of rotatable bonds is 6. The number of carbonyl (C=O) groups excluding carboxylic acids is 1. The van der Waals surface area contributed by atoms with Gasteiger partial charge >= 0.3 is 0 Å². The highest BCUT2D eigenvalue weighted by atomic mass is 32.2. The molecule has 0 N–H and O–H groups in total. The standard InChI is InChI=1S/C21H25NO2S/c1-21(2,22-14-4-5-15-22)20(23)16-6-10-18(11-7-16)25-19-12-8-17(24-3)9-13-19/h6-13H,4-5,14-15H2,1-3H3. The van der Waals surface area contributed by atoms with Crippen LogP contribution in [0, 0.1) is 0 Å². The van der Waals surface area contributed by atoms with E-state index in [0.29, 0.717) is 0 Å². The first-order chi connectivity index (χ1) is 12.0. The van der Waals surface area contributed by atoms with Crippen LogP contribution in [0.5, 0.6) is 5.75 Å². The van der Waals surface area contributed by atoms with Crippen molar-refractivity contribution in [2.75, 3.05) is 20.2 Å². The normalized spacial score (nSPS) is 15.3. The highest BCUT2D eigenvalue weighted by Crippen LogP contribution is 2.30. The third-order valence-corrected chi connectivity index (χ3v) is 5.88. The van der Waals surface area contributed by atoms with E-state index in [1.54, 1.807) is 18.9 Å². The fourth-order valence-electron chi connectivity index (χ4n) is 3.23. The van der Waals surface area contributed by atoms with Gasteiger partial charge in [-0.3, -0.25) is 9.69 Å². The summed E-state index contributed by atoms with van der Waals surface area (Å²) in [6, 6.07) is 16.0. The molecule has 0 radical (unpaired) electrons. The maximum Gasteiger partial charge on any atom is 0.182 e. The van der Waals surface area contributed by atoms with Crippen molar-refractivity contribution in [2.24, 2.45) is 0 Å². The summed E-state index contributed by atoms with van der Waals surface area (Å²) in [7, 11) is 1.67. The molecule has 0 saturated carbocycles. The average molecular weight is 356 g/mol. The summed E-state index contributed by atoms with van der Waals surface area (Å²) >= 11 is 1.68. The number of nitrogens with zero attached hydrogens (tertiary/aromatic N) is 1. The smallest absolute Gasteiger partial charge is 0.182 e. The van der Waals surface area contributed by atoms with Gasteiger partial charge < -0.3 is 4.74 Å². The fourth-order valence-corrected chi connectivity index (χ4v) is 4.04. The van der Waals surface area contributed by atoms with E-state index in [0.717, 1.165) is 34.2 Å². The molecule has 0 unspecified atom stereocenters. The van der Waals surface area contributed by atoms with Crippen LogP contribution in [-0.4, -0.2) is 36.4 Å². The predicted molar refractivity (Wildman–Crippen MR) is 103 cm³/mol. The number of Topliss-reactive ketones (excluding diaryl/α,β-unsaturated/α-hetero) is 1. The van der Waals surface area contributed by atoms with E-state index in [1.807, 2.05) is 62.4 Å². The largest absolute Gasteiger partial charge is 0.497 e. The van der Waals surface area contributed by atoms with E-state index in [2.05, 4.69) is 4.90 Å². The maximum atomic E-state index is 12.9. The Morgan fingerprint density at radius 3 is 2.00 bits per heavy atom. The van der Waals surface area contributed by atoms with Crippen LogP contribution < -0.4 is 4.74 Å². The molecule has 2 aromatic rings. The van der Waals surface area contributed by atoms with Gasteiger partial charge in [0.25, 0.3) is 0 Å². The average Bonchev–Trinajstić information content (AvgIpc) is 3.18. The molecule has 0 aromatic heterocycles. The SMILES string of the molecule is COc1ccc(Sc2ccc(C(=O)C(C)(C)N3CCCC3)cc2)cc1. The first kappa shape index (κ1) is 18.0. The van der Waals surface area contributed by atoms with Crippen molar-refractivity contribution in [1.29, 1.82) is 0 Å². The van der Waals surface area contributed by atoms with Gasteiger partial charge in [0.2, 0.25) is 0 Å². The molecule has 0 spiro atoms. The Labute approximate surface area is 154 Å². The molecular weight excluding hydrogens is 330 g/mol. The van der Waals surface area contributed by atoms with Crippen LogP contribution in [0.4, 0.5) is 0 Å². The highest BCUT2D eigenvalue weighted by Gasteiger charge is 2.36. The second-order valence-corrected chi connectivity index (χ2v) is 8.03. The minimum absolute atomic E-state index is 0.204. The molecule has 1 saturated heterocycles. The summed E-state index contributed by atoms with van der Waals surface area (Å²) in [6.07, 6.45) is 2.38. The van der Waals surface area contributed by atoms with E-state index in [9.17, 15) is 4.79 Å². The van der Waals surface area contributed by atoms with Crippen LogP contribution in [0.1, 0.15) is 37.0 Å². The van der Waals surface area contributed by atoms with Gasteiger partial charge in [0.15, 0.2) is 5.78 Å². The maximum absolute atomic E-state index is 12.9. The molecule has 0 atom stereocenters. The summed E-state index contributed by atoms with van der Waals surface area (Å²) in [4.78, 5) is 17.5. The third-order valence-electron chi connectivity index (χ3n) is 4.86. The molecule has 1 aliphatic heterocycles. The monoisotopic (exact) mass is 355 g/mol. The van der Waals surface area contributed by atoms with E-state index in [-0.39, 0.29) is 5.78 Å². The van der Waals surface area contributed by atoms with Crippen molar-refractivity contribution >= 4 is 17.5 Å². The molecule has 1 heterocycles. The van der Waals surface area contributed by atoms with E-state index in [4.69, 9.17) is 4.74 Å². The van der Waals surface area contributed by atoms with E-state index in [1.165, 1.54) is 12.8 Å². The van der Waals surface area contributed by atoms with Crippen molar-refractivity contribution < 1.29 is 9.53 Å². The minimum atomic E-state index is -0.429. The lowest BCUT2D eigenvalue weighted by atomic mass is 9.91. The number of carbonyl (C=O) groups is 1. The molecule has 0 bridgehead atoms. The molecule has 25 heavy (non-hydrogen) atoms. The zero-order chi connectivity index (χ0) is 17.9. The van der Waals surface area contributed by atoms with Crippen LogP contribution >= 0.6 is 11.8 Å². The zero-order valence-corrected chi connectivity index (χ0v) is 15.9. The van der Waals surface area contributed by atoms with E-state index < -0.39 is 5.54 Å². The van der Waals surface area contributed by atoms with Crippen LogP contribution in [0.2, 0.25) is 0 Å². The van der Waals surface area contributed by atoms with Gasteiger partial charge in [0.05, 0.1) is 12.6 Å². The van der Waals surface area contributed by atoms with Gasteiger partial charge in [-0.05, 0) is 76.2 Å². The molecular formula is C21H25NO2S. The summed E-state index contributed by atoms with van der Waals surface area (Å²) in [5, 5.41) is 0. The topological polar surface area (TPSA) is 29.5 Å². The third kappa shape index (κ3) is 4.07. The van der Waals surface area contributed by atoms with Crippen molar-refractivity contribution in [1.82, 2.24) is 4.90 Å². The lowest BCUT2D eigenvalue weighted by Gasteiger charge is -2.33. The van der Waals surface area contributed by atoms with Gasteiger partial charge in [-0.15, -0.1) is 0 Å². The molecule has 4 heteroatoms. The van der Waals surface area contributed by atoms with Crippen LogP contribution in [0.25, 0.3) is 0 Å². The first-order valence-corrected chi connectivity index (χ1v) is 9.54. The Bertz CT molecular complexity index is 717. The molecule has 3 nitrogen and oxygen atoms in total. The van der Waals surface area contributed by atoms with Crippen molar-refractivity contribution in [3.8, 4) is 5.75 Å². The highest BCUT2D eigenvalue weighted by molar-refractivity contribution is 7.99. The Balaban J connectivity index is 1.69. The van der Waals surface area contributed by atoms with Gasteiger partial charge in [-0.2, -0.15) is 0 Å². The number of likely N-dealkylation sites (tertiary alicyclic amines) is 1. The first-order valence-electron chi connectivity index (χ1n) is 8.72. The molecule has 132 valence electrons. The Morgan fingerprint density at radius 1 is 0.960 bits per heavy atom. The molecule has 1 fully saturated rings. The Morgan fingerprint density at radius 2 is 1.48 bits per heavy atom. The number of hydrogen-bond donors (Lipinski definition) is 0. The second kappa shape index (κ2) is 7.63. The predicted octanol–water partition coefficient (Wildman–Crippen LogP) is 4.90. The number of ether oxygens (including phenoxy) is 1. The van der Waals surface area contributed by atoms with E-state index >= 15 is 0 Å². The van der Waals surface area contributed by atoms with Crippen molar-refractivity contribution in [2.45, 2.75) is 42.0 Å². The number of ketones is 1. The van der Waals surface area contributed by atoms with Gasteiger partial charge in [-0.25, -0.2) is 0 Å². The summed E-state index contributed by atoms with van der Waals surface area (Å²) < 4.78 is 5.18. The van der Waals surface area contributed by atoms with Crippen LogP contribution in [-0.2, 0) is 0 Å². The summed E-state index contributed by atoms with van der Waals surface area (Å²) in [6.45, 7) is 6.12. The number of benzene rings is 2. The molecule has 3 rings (SSSR count). The van der Waals surface area contributed by atoms with Crippen LogP contribution in [0.3, 0.4) is 0 Å². The molecule has 2 aromatic carbocycles. The van der Waals surface area contributed by atoms with Gasteiger partial charge in [0, 0.05) is 15.4 Å². The Kier molecular flexibility index (Phi) is 5.50. The Hall–Kier alpha value is -1.78. The lowest BCUT2D eigenvalue weighted by Crippen LogP contribution is -2.48. The molecule has 0 amide bonds. The number of methoxy groups -OCH3 is 1. The minimum Gasteiger partial charge on any atom is -0.497 e. The number of hydrogen-bond acceptors (Lipinski definition) is 4. The molecule has 1 aliphatic rings. The fraction of sp³-hybridized carbons (Fsp3) is 0.381. The van der Waals surface area contributed by atoms with Crippen LogP contribution in [0.15, 0.2) is 58.3 Å². The van der Waals surface area contributed by atoms with Crippen molar-refractivity contribution in [3.63, 3.8) is 0 Å². The second-order valence-electron chi connectivity index (χ2n) is 6.88.